The molecule has 1 heterocycles. The number of carbonyl (C=O) groups excluding carboxylic acids is 1. The lowest BCUT2D eigenvalue weighted by Crippen LogP contribution is -2.42. The van der Waals surface area contributed by atoms with Crippen LogP contribution >= 0.6 is 24.0 Å². The number of nitrogens with one attached hydrogen (secondary N) is 1. The Bertz CT molecular complexity index is 674. The molecule has 0 radical (unpaired) electrons. The summed E-state index contributed by atoms with van der Waals surface area (Å²) < 4.78 is 43.1. The Labute approximate surface area is 192 Å². The summed E-state index contributed by atoms with van der Waals surface area (Å²) in [5, 5.41) is 3.11. The minimum absolute atomic E-state index is 0. The van der Waals surface area contributed by atoms with E-state index in [1.165, 1.54) is 0 Å². The van der Waals surface area contributed by atoms with Crippen LogP contribution in [0, 0.1) is 5.92 Å². The third kappa shape index (κ3) is 9.50. The second kappa shape index (κ2) is 13.0. The van der Waals surface area contributed by atoms with Crippen LogP contribution in [0.15, 0.2) is 35.3 Å². The van der Waals surface area contributed by atoms with Crippen molar-refractivity contribution in [3.05, 3.63) is 35.9 Å². The van der Waals surface area contributed by atoms with Gasteiger partial charge in [0.15, 0.2) is 5.96 Å². The SMILES string of the molecule is CCNC(=NCC(=O)N(C)CC(F)(F)F)N1CCC(COCc2ccccc2)C1.I. The predicted molar refractivity (Wildman–Crippen MR) is 121 cm³/mol. The van der Waals surface area contributed by atoms with Crippen molar-refractivity contribution in [1.82, 2.24) is 15.1 Å². The summed E-state index contributed by atoms with van der Waals surface area (Å²) in [6.07, 6.45) is -3.48. The highest BCUT2D eigenvalue weighted by molar-refractivity contribution is 14.0. The van der Waals surface area contributed by atoms with Gasteiger partial charge in [-0.1, -0.05) is 30.3 Å². The van der Waals surface area contributed by atoms with Crippen molar-refractivity contribution in [2.45, 2.75) is 26.1 Å². The lowest BCUT2D eigenvalue weighted by molar-refractivity contribution is -0.157. The van der Waals surface area contributed by atoms with E-state index in [0.29, 0.717) is 36.5 Å². The number of guanidine groups is 1. The fourth-order valence-electron chi connectivity index (χ4n) is 3.12. The van der Waals surface area contributed by atoms with Crippen LogP contribution < -0.4 is 5.32 Å². The van der Waals surface area contributed by atoms with Crippen LogP contribution in [0.1, 0.15) is 18.9 Å². The number of alkyl halides is 3. The maximum Gasteiger partial charge on any atom is 0.406 e. The Hall–Kier alpha value is -1.56. The van der Waals surface area contributed by atoms with Crippen LogP contribution in [-0.2, 0) is 16.1 Å². The molecule has 0 spiro atoms. The van der Waals surface area contributed by atoms with Crippen molar-refractivity contribution in [2.75, 3.05) is 46.4 Å². The van der Waals surface area contributed by atoms with Gasteiger partial charge in [-0.15, -0.1) is 24.0 Å². The number of hydrogen-bond acceptors (Lipinski definition) is 3. The molecule has 1 fully saturated rings. The number of halogens is 4. The summed E-state index contributed by atoms with van der Waals surface area (Å²) in [5.41, 5.74) is 1.12. The third-order valence-corrected chi connectivity index (χ3v) is 4.59. The number of likely N-dealkylation sites (tertiary alicyclic amines) is 1. The first-order valence-corrected chi connectivity index (χ1v) is 9.74. The molecular formula is C20H30F3IN4O2. The molecule has 1 saturated heterocycles. The predicted octanol–water partition coefficient (Wildman–Crippen LogP) is 3.13. The van der Waals surface area contributed by atoms with E-state index in [9.17, 15) is 18.0 Å². The molecule has 170 valence electrons. The molecule has 1 N–H and O–H groups in total. The van der Waals surface area contributed by atoms with Gasteiger partial charge in [0, 0.05) is 32.6 Å². The molecule has 1 aromatic carbocycles. The van der Waals surface area contributed by atoms with Gasteiger partial charge in [0.2, 0.25) is 5.91 Å². The van der Waals surface area contributed by atoms with Crippen molar-refractivity contribution < 1.29 is 22.7 Å². The van der Waals surface area contributed by atoms with Gasteiger partial charge in [-0.25, -0.2) is 4.99 Å². The van der Waals surface area contributed by atoms with E-state index < -0.39 is 18.6 Å². The zero-order valence-electron chi connectivity index (χ0n) is 17.3. The van der Waals surface area contributed by atoms with Gasteiger partial charge < -0.3 is 19.9 Å². The van der Waals surface area contributed by atoms with Gasteiger partial charge in [0.25, 0.3) is 0 Å². The standard InChI is InChI=1S/C20H29F3N4O2.HI/c1-3-24-19(25-11-18(28)26(2)15-20(21,22)23)27-10-9-17(12-27)14-29-13-16-7-5-4-6-8-16;/h4-8,17H,3,9-15H2,1-2H3,(H,24,25);1H. The quantitative estimate of drug-likeness (QED) is 0.312. The van der Waals surface area contributed by atoms with Gasteiger partial charge in [-0.05, 0) is 18.9 Å². The Kier molecular flexibility index (Phi) is 11.5. The molecule has 1 aliphatic rings. The average molecular weight is 542 g/mol. The number of aliphatic imine (C=N–C) groups is 1. The number of ether oxygens (including phenoxy) is 1. The van der Waals surface area contributed by atoms with Crippen LogP contribution in [0.5, 0.6) is 0 Å². The van der Waals surface area contributed by atoms with Gasteiger partial charge in [0.1, 0.15) is 13.1 Å². The van der Waals surface area contributed by atoms with E-state index in [2.05, 4.69) is 10.3 Å². The summed E-state index contributed by atoms with van der Waals surface area (Å²) in [4.78, 5) is 18.9. The highest BCUT2D eigenvalue weighted by atomic mass is 127. The summed E-state index contributed by atoms with van der Waals surface area (Å²) in [6.45, 7) is 3.60. The Morgan fingerprint density at radius 1 is 1.33 bits per heavy atom. The first kappa shape index (κ1) is 26.5. The fraction of sp³-hybridized carbons (Fsp3) is 0.600. The molecule has 1 amide bonds. The van der Waals surface area contributed by atoms with E-state index in [1.54, 1.807) is 0 Å². The second-order valence-corrected chi connectivity index (χ2v) is 7.14. The number of hydrogen-bond donors (Lipinski definition) is 1. The molecule has 0 aliphatic carbocycles. The zero-order valence-corrected chi connectivity index (χ0v) is 19.7. The first-order chi connectivity index (χ1) is 13.8. The highest BCUT2D eigenvalue weighted by Crippen LogP contribution is 2.18. The molecule has 1 aliphatic heterocycles. The van der Waals surface area contributed by atoms with Crippen LogP contribution in [0.2, 0.25) is 0 Å². The Morgan fingerprint density at radius 2 is 2.03 bits per heavy atom. The molecule has 0 saturated carbocycles. The molecule has 1 aromatic rings. The number of nitrogens with zero attached hydrogens (tertiary/aromatic N) is 3. The molecule has 30 heavy (non-hydrogen) atoms. The van der Waals surface area contributed by atoms with Gasteiger partial charge in [-0.2, -0.15) is 13.2 Å². The molecular weight excluding hydrogens is 512 g/mol. The highest BCUT2D eigenvalue weighted by Gasteiger charge is 2.31. The molecule has 10 heteroatoms. The van der Waals surface area contributed by atoms with Gasteiger partial charge >= 0.3 is 6.18 Å². The van der Waals surface area contributed by atoms with Crippen LogP contribution in [0.3, 0.4) is 0 Å². The largest absolute Gasteiger partial charge is 0.406 e. The van der Waals surface area contributed by atoms with Crippen LogP contribution in [0.25, 0.3) is 0 Å². The van der Waals surface area contributed by atoms with Crippen molar-refractivity contribution in [2.24, 2.45) is 10.9 Å². The zero-order chi connectivity index (χ0) is 21.3. The minimum Gasteiger partial charge on any atom is -0.376 e. The van der Waals surface area contributed by atoms with Crippen molar-refractivity contribution >= 4 is 35.8 Å². The summed E-state index contributed by atoms with van der Waals surface area (Å²) >= 11 is 0. The molecule has 0 aromatic heterocycles. The topological polar surface area (TPSA) is 57.2 Å². The maximum atomic E-state index is 12.4. The fourth-order valence-corrected chi connectivity index (χ4v) is 3.12. The number of benzene rings is 1. The van der Waals surface area contributed by atoms with E-state index in [4.69, 9.17) is 4.74 Å². The van der Waals surface area contributed by atoms with E-state index in [-0.39, 0.29) is 30.5 Å². The average Bonchev–Trinajstić information content (AvgIpc) is 3.13. The molecule has 6 nitrogen and oxygen atoms in total. The maximum absolute atomic E-state index is 12.4. The van der Waals surface area contributed by atoms with Crippen LogP contribution in [-0.4, -0.2) is 74.2 Å². The number of likely N-dealkylation sites (N-methyl/N-ethyl adjacent to an activating group) is 1. The second-order valence-electron chi connectivity index (χ2n) is 7.14. The monoisotopic (exact) mass is 542 g/mol. The van der Waals surface area contributed by atoms with Crippen molar-refractivity contribution in [1.29, 1.82) is 0 Å². The van der Waals surface area contributed by atoms with Gasteiger partial charge in [0.05, 0.1) is 13.2 Å². The first-order valence-electron chi connectivity index (χ1n) is 9.74. The van der Waals surface area contributed by atoms with Gasteiger partial charge in [-0.3, -0.25) is 4.79 Å². The molecule has 1 atom stereocenters. The van der Waals surface area contributed by atoms with Crippen molar-refractivity contribution in [3.8, 4) is 0 Å². The Morgan fingerprint density at radius 3 is 2.67 bits per heavy atom. The number of amides is 1. The molecule has 2 rings (SSSR count). The molecule has 1 unspecified atom stereocenters. The van der Waals surface area contributed by atoms with Crippen molar-refractivity contribution in [3.63, 3.8) is 0 Å². The minimum atomic E-state index is -4.42. The van der Waals surface area contributed by atoms with E-state index in [0.717, 1.165) is 32.1 Å². The number of carbonyl (C=O) groups is 1. The number of rotatable bonds is 8. The Balaban J connectivity index is 0.00000450. The summed E-state index contributed by atoms with van der Waals surface area (Å²) in [7, 11) is 1.13. The summed E-state index contributed by atoms with van der Waals surface area (Å²) in [6, 6.07) is 9.95. The van der Waals surface area contributed by atoms with Crippen LogP contribution in [0.4, 0.5) is 13.2 Å². The van der Waals surface area contributed by atoms with E-state index in [1.807, 2.05) is 42.2 Å². The molecule has 0 bridgehead atoms. The lowest BCUT2D eigenvalue weighted by atomic mass is 10.1. The normalized spacial score (nSPS) is 16.9. The smallest absolute Gasteiger partial charge is 0.376 e. The van der Waals surface area contributed by atoms with E-state index >= 15 is 0 Å². The summed E-state index contributed by atoms with van der Waals surface area (Å²) in [5.74, 6) is 0.220. The lowest BCUT2D eigenvalue weighted by Gasteiger charge is -2.22. The third-order valence-electron chi connectivity index (χ3n) is 4.59.